The highest BCUT2D eigenvalue weighted by Crippen LogP contribution is 2.08. The van der Waals surface area contributed by atoms with Crippen LogP contribution in [0.2, 0.25) is 0 Å². The van der Waals surface area contributed by atoms with Gasteiger partial charge in [-0.3, -0.25) is 9.59 Å². The number of carbonyl (C=O) groups excluding carboxylic acids is 2. The monoisotopic (exact) mass is 306 g/mol. The Morgan fingerprint density at radius 2 is 1.82 bits per heavy atom. The van der Waals surface area contributed by atoms with Crippen LogP contribution in [0.4, 0.5) is 0 Å². The Balaban J connectivity index is 2.68. The van der Waals surface area contributed by atoms with Crippen LogP contribution in [-0.2, 0) is 16.0 Å². The molecule has 1 atom stereocenters. The van der Waals surface area contributed by atoms with E-state index in [1.165, 1.54) is 5.56 Å². The van der Waals surface area contributed by atoms with Gasteiger partial charge in [0.2, 0.25) is 5.91 Å². The Hall–Kier alpha value is -1.88. The number of methoxy groups -OCH3 is 1. The van der Waals surface area contributed by atoms with E-state index >= 15 is 0 Å². The molecule has 0 saturated heterocycles. The first-order valence-corrected chi connectivity index (χ1v) is 7.66. The van der Waals surface area contributed by atoms with Crippen LogP contribution in [0.1, 0.15) is 36.7 Å². The highest BCUT2D eigenvalue weighted by atomic mass is 16.5. The van der Waals surface area contributed by atoms with Crippen molar-refractivity contribution in [3.05, 3.63) is 35.4 Å². The zero-order valence-electron chi connectivity index (χ0n) is 13.8. The average Bonchev–Trinajstić information content (AvgIpc) is 2.52. The van der Waals surface area contributed by atoms with Crippen molar-refractivity contribution in [1.82, 2.24) is 10.6 Å². The molecule has 5 nitrogen and oxygen atoms in total. The van der Waals surface area contributed by atoms with E-state index in [0.717, 1.165) is 6.42 Å². The lowest BCUT2D eigenvalue weighted by Crippen LogP contribution is -2.50. The van der Waals surface area contributed by atoms with Crippen molar-refractivity contribution in [2.24, 2.45) is 5.92 Å². The van der Waals surface area contributed by atoms with Gasteiger partial charge in [-0.15, -0.1) is 0 Å². The molecule has 0 aliphatic carbocycles. The molecule has 2 amide bonds. The number of carbonyl (C=O) groups is 2. The maximum atomic E-state index is 12.3. The Kier molecular flexibility index (Phi) is 7.60. The van der Waals surface area contributed by atoms with Gasteiger partial charge in [0.1, 0.15) is 6.04 Å². The van der Waals surface area contributed by atoms with Crippen LogP contribution in [0.5, 0.6) is 0 Å². The summed E-state index contributed by atoms with van der Waals surface area (Å²) in [5.74, 6) is -0.421. The summed E-state index contributed by atoms with van der Waals surface area (Å²) in [5, 5.41) is 5.57. The van der Waals surface area contributed by atoms with Crippen molar-refractivity contribution in [2.45, 2.75) is 33.2 Å². The van der Waals surface area contributed by atoms with Gasteiger partial charge in [0.15, 0.2) is 0 Å². The zero-order valence-corrected chi connectivity index (χ0v) is 13.8. The van der Waals surface area contributed by atoms with Crippen molar-refractivity contribution in [2.75, 3.05) is 20.3 Å². The molecule has 0 fully saturated rings. The number of amides is 2. The third-order valence-electron chi connectivity index (χ3n) is 3.47. The van der Waals surface area contributed by atoms with Crippen LogP contribution in [0.15, 0.2) is 24.3 Å². The van der Waals surface area contributed by atoms with E-state index in [0.29, 0.717) is 18.7 Å². The fraction of sp³-hybridized carbons (Fsp3) is 0.529. The molecule has 0 unspecified atom stereocenters. The first-order chi connectivity index (χ1) is 10.5. The Labute approximate surface area is 132 Å². The summed E-state index contributed by atoms with van der Waals surface area (Å²) in [5.41, 5.74) is 1.74. The van der Waals surface area contributed by atoms with Crippen molar-refractivity contribution in [1.29, 1.82) is 0 Å². The van der Waals surface area contributed by atoms with Crippen LogP contribution in [-0.4, -0.2) is 38.1 Å². The SMILES string of the molecule is CCc1ccc(C(=O)N[C@H](C(=O)NCCOC)C(C)C)cc1. The number of aryl methyl sites for hydroxylation is 1. The van der Waals surface area contributed by atoms with Gasteiger partial charge in [-0.1, -0.05) is 32.9 Å². The molecule has 0 radical (unpaired) electrons. The lowest BCUT2D eigenvalue weighted by Gasteiger charge is -2.21. The summed E-state index contributed by atoms with van der Waals surface area (Å²) in [6.45, 7) is 6.75. The summed E-state index contributed by atoms with van der Waals surface area (Å²) in [4.78, 5) is 24.4. The summed E-state index contributed by atoms with van der Waals surface area (Å²) >= 11 is 0. The third kappa shape index (κ3) is 5.48. The molecule has 0 saturated carbocycles. The van der Waals surface area contributed by atoms with E-state index in [1.54, 1.807) is 19.2 Å². The lowest BCUT2D eigenvalue weighted by molar-refractivity contribution is -0.124. The lowest BCUT2D eigenvalue weighted by atomic mass is 10.0. The maximum absolute atomic E-state index is 12.3. The zero-order chi connectivity index (χ0) is 16.5. The first kappa shape index (κ1) is 18.2. The summed E-state index contributed by atoms with van der Waals surface area (Å²) in [6.07, 6.45) is 0.929. The van der Waals surface area contributed by atoms with E-state index in [4.69, 9.17) is 4.74 Å². The molecule has 22 heavy (non-hydrogen) atoms. The quantitative estimate of drug-likeness (QED) is 0.719. The normalized spacial score (nSPS) is 12.0. The fourth-order valence-corrected chi connectivity index (χ4v) is 2.04. The minimum absolute atomic E-state index is 0.00131. The molecule has 1 aromatic rings. The molecular weight excluding hydrogens is 280 g/mol. The van der Waals surface area contributed by atoms with Crippen LogP contribution in [0.3, 0.4) is 0 Å². The predicted molar refractivity (Wildman–Crippen MR) is 86.8 cm³/mol. The van der Waals surface area contributed by atoms with Gasteiger partial charge in [0.25, 0.3) is 5.91 Å². The summed E-state index contributed by atoms with van der Waals surface area (Å²) < 4.78 is 4.90. The van der Waals surface area contributed by atoms with E-state index in [2.05, 4.69) is 17.6 Å². The Morgan fingerprint density at radius 3 is 2.32 bits per heavy atom. The second kappa shape index (κ2) is 9.20. The highest BCUT2D eigenvalue weighted by Gasteiger charge is 2.24. The largest absolute Gasteiger partial charge is 0.383 e. The van der Waals surface area contributed by atoms with Crippen molar-refractivity contribution in [3.8, 4) is 0 Å². The molecule has 2 N–H and O–H groups in total. The van der Waals surface area contributed by atoms with Crippen molar-refractivity contribution < 1.29 is 14.3 Å². The average molecular weight is 306 g/mol. The van der Waals surface area contributed by atoms with Gasteiger partial charge in [-0.05, 0) is 30.0 Å². The van der Waals surface area contributed by atoms with Gasteiger partial charge >= 0.3 is 0 Å². The molecule has 122 valence electrons. The number of ether oxygens (including phenoxy) is 1. The first-order valence-electron chi connectivity index (χ1n) is 7.66. The smallest absolute Gasteiger partial charge is 0.251 e. The van der Waals surface area contributed by atoms with Crippen molar-refractivity contribution in [3.63, 3.8) is 0 Å². The molecule has 0 aliphatic heterocycles. The van der Waals surface area contributed by atoms with E-state index < -0.39 is 6.04 Å². The number of rotatable bonds is 8. The molecule has 1 rings (SSSR count). The summed E-state index contributed by atoms with van der Waals surface area (Å²) in [7, 11) is 1.58. The minimum Gasteiger partial charge on any atom is -0.383 e. The number of hydrogen-bond donors (Lipinski definition) is 2. The van der Waals surface area contributed by atoms with Gasteiger partial charge in [-0.2, -0.15) is 0 Å². The van der Waals surface area contributed by atoms with E-state index in [1.807, 2.05) is 26.0 Å². The molecule has 0 aliphatic rings. The molecule has 0 aromatic heterocycles. The van der Waals surface area contributed by atoms with E-state index in [9.17, 15) is 9.59 Å². The molecule has 0 heterocycles. The standard InChI is InChI=1S/C17H26N2O3/c1-5-13-6-8-14(9-7-13)16(20)19-15(12(2)3)17(21)18-10-11-22-4/h6-9,12,15H,5,10-11H2,1-4H3,(H,18,21)(H,19,20)/t15-/m0/s1. The molecule has 0 spiro atoms. The fourth-order valence-electron chi connectivity index (χ4n) is 2.04. The van der Waals surface area contributed by atoms with E-state index in [-0.39, 0.29) is 17.7 Å². The van der Waals surface area contributed by atoms with Crippen LogP contribution in [0.25, 0.3) is 0 Å². The van der Waals surface area contributed by atoms with Gasteiger partial charge in [0.05, 0.1) is 6.61 Å². The maximum Gasteiger partial charge on any atom is 0.251 e. The number of benzene rings is 1. The highest BCUT2D eigenvalue weighted by molar-refractivity contribution is 5.97. The van der Waals surface area contributed by atoms with Gasteiger partial charge in [-0.25, -0.2) is 0 Å². The third-order valence-corrected chi connectivity index (χ3v) is 3.47. The Morgan fingerprint density at radius 1 is 1.18 bits per heavy atom. The number of hydrogen-bond acceptors (Lipinski definition) is 3. The Bertz CT molecular complexity index is 483. The number of nitrogens with one attached hydrogen (secondary N) is 2. The molecule has 1 aromatic carbocycles. The van der Waals surface area contributed by atoms with Crippen molar-refractivity contribution >= 4 is 11.8 Å². The van der Waals surface area contributed by atoms with Crippen LogP contribution < -0.4 is 10.6 Å². The summed E-state index contributed by atoms with van der Waals surface area (Å²) in [6, 6.07) is 6.87. The minimum atomic E-state index is -0.560. The van der Waals surface area contributed by atoms with Gasteiger partial charge < -0.3 is 15.4 Å². The van der Waals surface area contributed by atoms with Gasteiger partial charge in [0, 0.05) is 19.2 Å². The topological polar surface area (TPSA) is 67.4 Å². The molecular formula is C17H26N2O3. The predicted octanol–water partition coefficient (Wildman–Crippen LogP) is 1.77. The van der Waals surface area contributed by atoms with Crippen LogP contribution in [0, 0.1) is 5.92 Å². The second-order valence-electron chi connectivity index (χ2n) is 5.53. The van der Waals surface area contributed by atoms with Crippen LogP contribution >= 0.6 is 0 Å². The molecule has 5 heteroatoms. The second-order valence-corrected chi connectivity index (χ2v) is 5.53. The molecule has 0 bridgehead atoms.